The molecule has 2 aromatic rings. The van der Waals surface area contributed by atoms with E-state index >= 15 is 0 Å². The predicted molar refractivity (Wildman–Crippen MR) is 102 cm³/mol. The Bertz CT molecular complexity index is 1010. The lowest BCUT2D eigenvalue weighted by molar-refractivity contribution is -0.115. The van der Waals surface area contributed by atoms with E-state index in [0.717, 1.165) is 47.8 Å². The fourth-order valence-electron chi connectivity index (χ4n) is 3.99. The van der Waals surface area contributed by atoms with Gasteiger partial charge in [0.25, 0.3) is 5.91 Å². The number of aryl methyl sites for hydroxylation is 2. The summed E-state index contributed by atoms with van der Waals surface area (Å²) in [4.78, 5) is 22.3. The SMILES string of the molecule is CC1=NCC(=O)N1c1cnc(Oc2ccc(C)c3c2C2(CC2)CO3)c(C)c1. The molecule has 3 heterocycles. The highest BCUT2D eigenvalue weighted by molar-refractivity contribution is 6.20. The molecule has 138 valence electrons. The minimum Gasteiger partial charge on any atom is -0.492 e. The number of amides is 1. The summed E-state index contributed by atoms with van der Waals surface area (Å²) in [7, 11) is 0. The molecule has 5 rings (SSSR count). The zero-order valence-electron chi connectivity index (χ0n) is 15.7. The average molecular weight is 363 g/mol. The van der Waals surface area contributed by atoms with Crippen molar-refractivity contribution in [1.29, 1.82) is 0 Å². The van der Waals surface area contributed by atoms with Crippen LogP contribution in [-0.2, 0) is 10.2 Å². The van der Waals surface area contributed by atoms with Gasteiger partial charge in [-0.2, -0.15) is 0 Å². The first-order chi connectivity index (χ1) is 13.0. The normalized spacial score (nSPS) is 19.1. The van der Waals surface area contributed by atoms with E-state index in [4.69, 9.17) is 9.47 Å². The van der Waals surface area contributed by atoms with Crippen molar-refractivity contribution in [3.63, 3.8) is 0 Å². The van der Waals surface area contributed by atoms with Gasteiger partial charge in [0.2, 0.25) is 5.88 Å². The second-order valence-electron chi connectivity index (χ2n) is 7.66. The Hall–Kier alpha value is -2.89. The van der Waals surface area contributed by atoms with E-state index in [1.54, 1.807) is 11.1 Å². The van der Waals surface area contributed by atoms with Crippen molar-refractivity contribution in [3.8, 4) is 17.4 Å². The fourth-order valence-corrected chi connectivity index (χ4v) is 3.99. The molecule has 0 atom stereocenters. The third-order valence-corrected chi connectivity index (χ3v) is 5.69. The molecular weight excluding hydrogens is 342 g/mol. The molecule has 3 aliphatic rings. The van der Waals surface area contributed by atoms with Crippen LogP contribution < -0.4 is 14.4 Å². The first-order valence-electron chi connectivity index (χ1n) is 9.24. The molecule has 6 heteroatoms. The number of nitrogens with zero attached hydrogens (tertiary/aromatic N) is 3. The van der Waals surface area contributed by atoms with Gasteiger partial charge in [-0.15, -0.1) is 0 Å². The van der Waals surface area contributed by atoms with Gasteiger partial charge in [0.05, 0.1) is 18.5 Å². The molecule has 1 aromatic heterocycles. The summed E-state index contributed by atoms with van der Waals surface area (Å²) < 4.78 is 12.2. The van der Waals surface area contributed by atoms with Gasteiger partial charge in [-0.25, -0.2) is 4.98 Å². The number of hydrogen-bond donors (Lipinski definition) is 0. The maximum absolute atomic E-state index is 12.0. The lowest BCUT2D eigenvalue weighted by Crippen LogP contribution is -2.30. The summed E-state index contributed by atoms with van der Waals surface area (Å²) in [6.45, 7) is 6.77. The van der Waals surface area contributed by atoms with Crippen molar-refractivity contribution < 1.29 is 14.3 Å². The molecule has 0 N–H and O–H groups in total. The number of hydrogen-bond acceptors (Lipinski definition) is 5. The van der Waals surface area contributed by atoms with Crippen LogP contribution in [0.25, 0.3) is 0 Å². The Labute approximate surface area is 157 Å². The Kier molecular flexibility index (Phi) is 3.35. The van der Waals surface area contributed by atoms with Crippen LogP contribution in [0.15, 0.2) is 29.4 Å². The van der Waals surface area contributed by atoms with E-state index in [-0.39, 0.29) is 17.9 Å². The minimum atomic E-state index is -0.0356. The van der Waals surface area contributed by atoms with Crippen molar-refractivity contribution in [2.45, 2.75) is 39.0 Å². The highest BCUT2D eigenvalue weighted by Gasteiger charge is 2.53. The molecule has 1 fully saturated rings. The number of ether oxygens (including phenoxy) is 2. The maximum Gasteiger partial charge on any atom is 0.254 e. The van der Waals surface area contributed by atoms with E-state index in [1.165, 1.54) is 5.56 Å². The first kappa shape index (κ1) is 16.3. The lowest BCUT2D eigenvalue weighted by atomic mass is 9.95. The maximum atomic E-state index is 12.0. The van der Waals surface area contributed by atoms with Crippen LogP contribution >= 0.6 is 0 Å². The molecule has 1 amide bonds. The minimum absolute atomic E-state index is 0.0356. The molecule has 1 aromatic carbocycles. The van der Waals surface area contributed by atoms with Crippen LogP contribution in [0.1, 0.15) is 36.5 Å². The van der Waals surface area contributed by atoms with Gasteiger partial charge in [-0.3, -0.25) is 14.7 Å². The first-order valence-corrected chi connectivity index (χ1v) is 9.24. The van der Waals surface area contributed by atoms with Gasteiger partial charge < -0.3 is 9.47 Å². The van der Waals surface area contributed by atoms with Crippen molar-refractivity contribution in [2.24, 2.45) is 4.99 Å². The number of aromatic nitrogens is 1. The van der Waals surface area contributed by atoms with Crippen LogP contribution in [-0.4, -0.2) is 29.9 Å². The summed E-state index contributed by atoms with van der Waals surface area (Å²) in [6, 6.07) is 5.96. The van der Waals surface area contributed by atoms with Gasteiger partial charge in [0.15, 0.2) is 0 Å². The Morgan fingerprint density at radius 2 is 2.00 bits per heavy atom. The Morgan fingerprint density at radius 1 is 1.19 bits per heavy atom. The number of carbonyl (C=O) groups excluding carboxylic acids is 1. The summed E-state index contributed by atoms with van der Waals surface area (Å²) >= 11 is 0. The molecule has 2 aliphatic heterocycles. The predicted octanol–water partition coefficient (Wildman–Crippen LogP) is 3.68. The number of aliphatic imine (C=N–C) groups is 1. The summed E-state index contributed by atoms with van der Waals surface area (Å²) in [5.41, 5.74) is 4.05. The van der Waals surface area contributed by atoms with E-state index < -0.39 is 0 Å². The van der Waals surface area contributed by atoms with Crippen LogP contribution in [0, 0.1) is 13.8 Å². The van der Waals surface area contributed by atoms with Crippen LogP contribution in [0.5, 0.6) is 17.4 Å². The van der Waals surface area contributed by atoms with E-state index in [0.29, 0.717) is 11.7 Å². The number of anilines is 1. The molecule has 0 bridgehead atoms. The monoisotopic (exact) mass is 363 g/mol. The van der Waals surface area contributed by atoms with Gasteiger partial charge in [0, 0.05) is 16.5 Å². The Morgan fingerprint density at radius 3 is 2.67 bits per heavy atom. The molecule has 0 radical (unpaired) electrons. The van der Waals surface area contributed by atoms with Gasteiger partial charge >= 0.3 is 0 Å². The molecule has 0 unspecified atom stereocenters. The summed E-state index contributed by atoms with van der Waals surface area (Å²) in [5, 5.41) is 0. The highest BCUT2D eigenvalue weighted by atomic mass is 16.5. The molecular formula is C21H21N3O3. The topological polar surface area (TPSA) is 64.0 Å². The molecule has 1 spiro atoms. The zero-order chi connectivity index (χ0) is 18.8. The van der Waals surface area contributed by atoms with Crippen molar-refractivity contribution in [2.75, 3.05) is 18.1 Å². The third-order valence-electron chi connectivity index (χ3n) is 5.69. The van der Waals surface area contributed by atoms with Gasteiger partial charge in [0.1, 0.15) is 23.9 Å². The number of benzene rings is 1. The zero-order valence-corrected chi connectivity index (χ0v) is 15.7. The summed E-state index contributed by atoms with van der Waals surface area (Å²) in [6.07, 6.45) is 3.95. The molecule has 1 aliphatic carbocycles. The smallest absolute Gasteiger partial charge is 0.254 e. The van der Waals surface area contributed by atoms with E-state index in [1.807, 2.05) is 32.0 Å². The molecule has 0 saturated heterocycles. The van der Waals surface area contributed by atoms with Crippen LogP contribution in [0.4, 0.5) is 5.69 Å². The third kappa shape index (κ3) is 2.43. The van der Waals surface area contributed by atoms with Gasteiger partial charge in [-0.05, 0) is 51.3 Å². The van der Waals surface area contributed by atoms with E-state index in [2.05, 4.69) is 16.9 Å². The fraction of sp³-hybridized carbons (Fsp3) is 0.381. The number of carbonyl (C=O) groups is 1. The van der Waals surface area contributed by atoms with Gasteiger partial charge in [-0.1, -0.05) is 6.07 Å². The number of pyridine rings is 1. The van der Waals surface area contributed by atoms with Crippen molar-refractivity contribution in [3.05, 3.63) is 41.1 Å². The standard InChI is InChI=1S/C21H21N3O3/c1-12-4-5-16(18-19(12)26-11-21(18)6-7-21)27-20-13(2)8-15(9-23-20)24-14(3)22-10-17(24)25/h4-5,8-9H,6-7,10-11H2,1-3H3. The lowest BCUT2D eigenvalue weighted by Gasteiger charge is -2.18. The van der Waals surface area contributed by atoms with Crippen LogP contribution in [0.2, 0.25) is 0 Å². The van der Waals surface area contributed by atoms with Crippen LogP contribution in [0.3, 0.4) is 0 Å². The van der Waals surface area contributed by atoms with E-state index in [9.17, 15) is 4.79 Å². The second kappa shape index (κ2) is 5.55. The van der Waals surface area contributed by atoms with Crippen molar-refractivity contribution in [1.82, 2.24) is 4.98 Å². The highest BCUT2D eigenvalue weighted by Crippen LogP contribution is 2.59. The summed E-state index contributed by atoms with van der Waals surface area (Å²) in [5.74, 6) is 3.00. The molecule has 6 nitrogen and oxygen atoms in total. The number of fused-ring (bicyclic) bond motifs is 2. The Balaban J connectivity index is 1.49. The van der Waals surface area contributed by atoms with Crippen molar-refractivity contribution >= 4 is 17.4 Å². The number of rotatable bonds is 3. The quantitative estimate of drug-likeness (QED) is 0.834. The average Bonchev–Trinajstić information content (AvgIpc) is 3.20. The molecule has 27 heavy (non-hydrogen) atoms. The number of amidine groups is 1. The second-order valence-corrected chi connectivity index (χ2v) is 7.66. The molecule has 1 saturated carbocycles. The largest absolute Gasteiger partial charge is 0.492 e.